The second-order valence-corrected chi connectivity index (χ2v) is 6.78. The number of benzene rings is 1. The van der Waals surface area contributed by atoms with Crippen LogP contribution in [0.5, 0.6) is 0 Å². The Labute approximate surface area is 155 Å². The van der Waals surface area contributed by atoms with Gasteiger partial charge in [0.1, 0.15) is 12.1 Å². The smallest absolute Gasteiger partial charge is 0.278 e. The number of carbonyl (C=O) groups is 1. The summed E-state index contributed by atoms with van der Waals surface area (Å²) >= 11 is 6.20. The molecule has 4 rings (SSSR count). The number of fused-ring (bicyclic) bond motifs is 1. The van der Waals surface area contributed by atoms with E-state index < -0.39 is 0 Å². The Kier molecular flexibility index (Phi) is 4.61. The van der Waals surface area contributed by atoms with Crippen molar-refractivity contribution >= 4 is 34.2 Å². The van der Waals surface area contributed by atoms with Crippen LogP contribution < -0.4 is 5.32 Å². The maximum absolute atomic E-state index is 12.5. The van der Waals surface area contributed by atoms with Crippen LogP contribution >= 0.6 is 11.6 Å². The SMILES string of the molecule is Cc1ccc(Cl)c2ccc(NC(=O)c3coc(C4CCOCC4)n3)nc12. The summed E-state index contributed by atoms with van der Waals surface area (Å²) in [7, 11) is 0. The highest BCUT2D eigenvalue weighted by molar-refractivity contribution is 6.35. The summed E-state index contributed by atoms with van der Waals surface area (Å²) in [5, 5.41) is 4.26. The fourth-order valence-electron chi connectivity index (χ4n) is 3.09. The number of pyridine rings is 1. The molecule has 134 valence electrons. The van der Waals surface area contributed by atoms with Gasteiger partial charge >= 0.3 is 0 Å². The number of oxazole rings is 1. The van der Waals surface area contributed by atoms with Gasteiger partial charge in [0.15, 0.2) is 11.6 Å². The summed E-state index contributed by atoms with van der Waals surface area (Å²) in [5.41, 5.74) is 2.00. The molecule has 0 aliphatic carbocycles. The van der Waals surface area contributed by atoms with Gasteiger partial charge in [-0.2, -0.15) is 0 Å². The van der Waals surface area contributed by atoms with Crippen molar-refractivity contribution in [2.24, 2.45) is 0 Å². The molecule has 0 radical (unpaired) electrons. The van der Waals surface area contributed by atoms with E-state index in [0.29, 0.717) is 29.9 Å². The van der Waals surface area contributed by atoms with Crippen molar-refractivity contribution in [2.75, 3.05) is 18.5 Å². The standard InChI is InChI=1S/C19H18ClN3O3/c1-11-2-4-14(20)13-3-5-16(22-17(11)13)23-18(24)15-10-26-19(21-15)12-6-8-25-9-7-12/h2-5,10,12H,6-9H2,1H3,(H,22,23,24). The topological polar surface area (TPSA) is 77.2 Å². The van der Waals surface area contributed by atoms with E-state index in [1.54, 1.807) is 6.07 Å². The molecule has 0 atom stereocenters. The molecule has 1 aromatic carbocycles. The first-order chi connectivity index (χ1) is 12.6. The molecule has 1 aliphatic heterocycles. The van der Waals surface area contributed by atoms with E-state index >= 15 is 0 Å². The van der Waals surface area contributed by atoms with E-state index in [-0.39, 0.29) is 17.5 Å². The van der Waals surface area contributed by atoms with Gasteiger partial charge in [-0.25, -0.2) is 9.97 Å². The second kappa shape index (κ2) is 7.05. The number of nitrogens with one attached hydrogen (secondary N) is 1. The number of anilines is 1. The largest absolute Gasteiger partial charge is 0.448 e. The highest BCUT2D eigenvalue weighted by atomic mass is 35.5. The summed E-state index contributed by atoms with van der Waals surface area (Å²) < 4.78 is 10.8. The van der Waals surface area contributed by atoms with Crippen molar-refractivity contribution in [2.45, 2.75) is 25.7 Å². The van der Waals surface area contributed by atoms with Gasteiger partial charge < -0.3 is 14.5 Å². The number of amides is 1. The maximum atomic E-state index is 12.5. The van der Waals surface area contributed by atoms with Crippen LogP contribution in [-0.4, -0.2) is 29.1 Å². The van der Waals surface area contributed by atoms with Crippen molar-refractivity contribution in [3.8, 4) is 0 Å². The molecule has 7 heteroatoms. The third kappa shape index (κ3) is 3.30. The molecule has 3 aromatic rings. The number of rotatable bonds is 3. The Bertz CT molecular complexity index is 964. The van der Waals surface area contributed by atoms with Gasteiger partial charge in [0.25, 0.3) is 5.91 Å². The average Bonchev–Trinajstić information content (AvgIpc) is 3.16. The third-order valence-electron chi connectivity index (χ3n) is 4.57. The Morgan fingerprint density at radius 3 is 2.81 bits per heavy atom. The van der Waals surface area contributed by atoms with Crippen LogP contribution in [0.4, 0.5) is 5.82 Å². The van der Waals surface area contributed by atoms with Crippen molar-refractivity contribution in [3.63, 3.8) is 0 Å². The fraction of sp³-hybridized carbons (Fsp3) is 0.316. The molecule has 1 saturated heterocycles. The number of aromatic nitrogens is 2. The highest BCUT2D eigenvalue weighted by Gasteiger charge is 2.22. The summed E-state index contributed by atoms with van der Waals surface area (Å²) in [6.45, 7) is 3.34. The molecule has 6 nitrogen and oxygen atoms in total. The van der Waals surface area contributed by atoms with Crippen molar-refractivity contribution in [1.82, 2.24) is 9.97 Å². The molecule has 0 saturated carbocycles. The molecule has 3 heterocycles. The second-order valence-electron chi connectivity index (χ2n) is 6.37. The molecular formula is C19H18ClN3O3. The third-order valence-corrected chi connectivity index (χ3v) is 4.90. The predicted octanol–water partition coefficient (Wildman–Crippen LogP) is 4.33. The van der Waals surface area contributed by atoms with E-state index in [0.717, 1.165) is 29.3 Å². The van der Waals surface area contributed by atoms with Gasteiger partial charge in [-0.05, 0) is 43.5 Å². The van der Waals surface area contributed by atoms with Crippen LogP contribution in [0.3, 0.4) is 0 Å². The number of ether oxygens (including phenoxy) is 1. The minimum Gasteiger partial charge on any atom is -0.448 e. The van der Waals surface area contributed by atoms with Gasteiger partial charge in [-0.3, -0.25) is 4.79 Å². The molecule has 0 unspecified atom stereocenters. The summed E-state index contributed by atoms with van der Waals surface area (Å²) in [5.74, 6) is 0.892. The Morgan fingerprint density at radius 2 is 2.00 bits per heavy atom. The summed E-state index contributed by atoms with van der Waals surface area (Å²) in [4.78, 5) is 21.3. The number of carbonyl (C=O) groups excluding carboxylic acids is 1. The lowest BCUT2D eigenvalue weighted by Crippen LogP contribution is -2.16. The van der Waals surface area contributed by atoms with Crippen molar-refractivity contribution in [1.29, 1.82) is 0 Å². The lowest BCUT2D eigenvalue weighted by molar-refractivity contribution is 0.0794. The molecule has 1 fully saturated rings. The molecule has 0 bridgehead atoms. The van der Waals surface area contributed by atoms with Crippen LogP contribution in [-0.2, 0) is 4.74 Å². The molecule has 1 aliphatic rings. The van der Waals surface area contributed by atoms with Crippen molar-refractivity contribution < 1.29 is 13.9 Å². The number of hydrogen-bond acceptors (Lipinski definition) is 5. The molecule has 1 amide bonds. The van der Waals surface area contributed by atoms with Crippen molar-refractivity contribution in [3.05, 3.63) is 52.7 Å². The highest BCUT2D eigenvalue weighted by Crippen LogP contribution is 2.27. The average molecular weight is 372 g/mol. The Hall–Kier alpha value is -2.44. The van der Waals surface area contributed by atoms with E-state index in [1.807, 2.05) is 25.1 Å². The van der Waals surface area contributed by atoms with E-state index in [2.05, 4.69) is 15.3 Å². The van der Waals surface area contributed by atoms with Crippen LogP contribution in [0, 0.1) is 6.92 Å². The first-order valence-electron chi connectivity index (χ1n) is 8.52. The molecule has 0 spiro atoms. The minimum atomic E-state index is -0.349. The zero-order valence-electron chi connectivity index (χ0n) is 14.3. The van der Waals surface area contributed by atoms with Gasteiger partial charge in [-0.1, -0.05) is 17.7 Å². The summed E-state index contributed by atoms with van der Waals surface area (Å²) in [6.07, 6.45) is 3.10. The van der Waals surface area contributed by atoms with Crippen LogP contribution in [0.15, 0.2) is 34.9 Å². The zero-order valence-corrected chi connectivity index (χ0v) is 15.0. The monoisotopic (exact) mass is 371 g/mol. The molecule has 1 N–H and O–H groups in total. The number of hydrogen-bond donors (Lipinski definition) is 1. The first kappa shape index (κ1) is 17.0. The fourth-order valence-corrected chi connectivity index (χ4v) is 3.31. The lowest BCUT2D eigenvalue weighted by Gasteiger charge is -2.18. The van der Waals surface area contributed by atoms with E-state index in [9.17, 15) is 4.79 Å². The normalized spacial score (nSPS) is 15.3. The van der Waals surface area contributed by atoms with Gasteiger partial charge in [0.2, 0.25) is 0 Å². The number of nitrogens with zero attached hydrogens (tertiary/aromatic N) is 2. The predicted molar refractivity (Wildman–Crippen MR) is 98.7 cm³/mol. The quantitative estimate of drug-likeness (QED) is 0.741. The zero-order chi connectivity index (χ0) is 18.1. The summed E-state index contributed by atoms with van der Waals surface area (Å²) in [6, 6.07) is 7.32. The lowest BCUT2D eigenvalue weighted by atomic mass is 10.0. The Morgan fingerprint density at radius 1 is 1.19 bits per heavy atom. The molecule has 2 aromatic heterocycles. The van der Waals surface area contributed by atoms with Crippen LogP contribution in [0.25, 0.3) is 10.9 Å². The molecular weight excluding hydrogens is 354 g/mol. The number of halogens is 1. The van der Waals surface area contributed by atoms with E-state index in [1.165, 1.54) is 6.26 Å². The van der Waals surface area contributed by atoms with Gasteiger partial charge in [0.05, 0.1) is 5.52 Å². The van der Waals surface area contributed by atoms with Crippen LogP contribution in [0.2, 0.25) is 5.02 Å². The first-order valence-corrected chi connectivity index (χ1v) is 8.90. The maximum Gasteiger partial charge on any atom is 0.278 e. The minimum absolute atomic E-state index is 0.203. The van der Waals surface area contributed by atoms with Gasteiger partial charge in [0, 0.05) is 29.5 Å². The Balaban J connectivity index is 1.54. The van der Waals surface area contributed by atoms with E-state index in [4.69, 9.17) is 20.8 Å². The van der Waals surface area contributed by atoms with Gasteiger partial charge in [-0.15, -0.1) is 0 Å². The molecule has 26 heavy (non-hydrogen) atoms. The van der Waals surface area contributed by atoms with Crippen LogP contribution in [0.1, 0.15) is 40.7 Å². The number of aryl methyl sites for hydroxylation is 1.